The van der Waals surface area contributed by atoms with Crippen LogP contribution in [-0.4, -0.2) is 17.9 Å². The monoisotopic (exact) mass is 243 g/mol. The van der Waals surface area contributed by atoms with Gasteiger partial charge >= 0.3 is 15.5 Å². The van der Waals surface area contributed by atoms with Gasteiger partial charge in [-0.25, -0.2) is 4.57 Å². The van der Waals surface area contributed by atoms with Crippen LogP contribution in [0.1, 0.15) is 12.7 Å². The molecule has 0 radical (unpaired) electrons. The van der Waals surface area contributed by atoms with Crippen molar-refractivity contribution in [3.8, 4) is 0 Å². The molecule has 86 valence electrons. The normalized spacial score (nSPS) is 13.1. The molecule has 1 heterocycles. The number of aromatic nitrogens is 2. The second kappa shape index (κ2) is 3.51. The van der Waals surface area contributed by atoms with Crippen LogP contribution in [-0.2, 0) is 16.6 Å². The standard InChI is InChI=1S/C7H10F3N2O2S/c1-3-11-4-5-12(6(11)2)15(13,14)7(8,9)10/h4-5H,3H2,1-2H3/q+1. The topological polar surface area (TPSA) is 43.0 Å². The highest BCUT2D eigenvalue weighted by molar-refractivity contribution is 7.90. The van der Waals surface area contributed by atoms with Crippen molar-refractivity contribution in [2.75, 3.05) is 0 Å². The summed E-state index contributed by atoms with van der Waals surface area (Å²) in [6.45, 7) is 3.43. The van der Waals surface area contributed by atoms with E-state index in [0.29, 0.717) is 6.54 Å². The molecule has 0 aromatic carbocycles. The number of imidazole rings is 1. The predicted octanol–water partition coefficient (Wildman–Crippen LogP) is 0.802. The first-order chi connectivity index (χ1) is 6.71. The third-order valence-corrected chi connectivity index (χ3v) is 3.50. The van der Waals surface area contributed by atoms with Gasteiger partial charge in [0.2, 0.25) is 0 Å². The minimum atomic E-state index is -5.30. The molecule has 0 fully saturated rings. The molecule has 0 bridgehead atoms. The van der Waals surface area contributed by atoms with Gasteiger partial charge in [0.1, 0.15) is 12.4 Å². The van der Waals surface area contributed by atoms with E-state index in [1.807, 2.05) is 0 Å². The number of hydrogen-bond donors (Lipinski definition) is 0. The van der Waals surface area contributed by atoms with Gasteiger partial charge in [-0.3, -0.25) is 0 Å². The molecule has 0 aliphatic heterocycles. The SMILES string of the molecule is CC[n+]1ccn(S(=O)(=O)C(F)(F)F)c1C. The Bertz CT molecular complexity index is 461. The molecule has 0 saturated heterocycles. The third-order valence-electron chi connectivity index (χ3n) is 2.01. The van der Waals surface area contributed by atoms with Crippen LogP contribution < -0.4 is 4.57 Å². The Morgan fingerprint density at radius 2 is 2.00 bits per heavy atom. The second-order valence-corrected chi connectivity index (χ2v) is 4.68. The molecule has 15 heavy (non-hydrogen) atoms. The summed E-state index contributed by atoms with van der Waals surface area (Å²) in [6.07, 6.45) is 2.18. The maximum Gasteiger partial charge on any atom is 0.537 e. The van der Waals surface area contributed by atoms with E-state index in [0.717, 1.165) is 6.20 Å². The summed E-state index contributed by atoms with van der Waals surface area (Å²) in [6, 6.07) is 0. The smallest absolute Gasteiger partial charge is 0.234 e. The van der Waals surface area contributed by atoms with Crippen molar-refractivity contribution >= 4 is 10.0 Å². The third kappa shape index (κ3) is 1.85. The number of halogens is 3. The van der Waals surface area contributed by atoms with Crippen molar-refractivity contribution in [3.05, 3.63) is 18.2 Å². The fourth-order valence-electron chi connectivity index (χ4n) is 1.18. The number of hydrogen-bond acceptors (Lipinski definition) is 2. The lowest BCUT2D eigenvalue weighted by Crippen LogP contribution is -2.37. The molecule has 0 aliphatic rings. The van der Waals surface area contributed by atoms with Gasteiger partial charge in [-0.2, -0.15) is 21.6 Å². The summed E-state index contributed by atoms with van der Waals surface area (Å²) in [5.41, 5.74) is -5.28. The number of aryl methyl sites for hydroxylation is 1. The molecule has 1 aromatic heterocycles. The molecular weight excluding hydrogens is 233 g/mol. The van der Waals surface area contributed by atoms with Crippen molar-refractivity contribution in [3.63, 3.8) is 0 Å². The molecule has 0 aliphatic carbocycles. The summed E-state index contributed by atoms with van der Waals surface area (Å²) >= 11 is 0. The van der Waals surface area contributed by atoms with Crippen LogP contribution in [0.4, 0.5) is 13.2 Å². The Kier molecular flexibility index (Phi) is 2.81. The maximum atomic E-state index is 12.2. The Morgan fingerprint density at radius 1 is 1.47 bits per heavy atom. The molecular formula is C7H10F3N2O2S+. The van der Waals surface area contributed by atoms with Gasteiger partial charge in [-0.1, -0.05) is 0 Å². The summed E-state index contributed by atoms with van der Waals surface area (Å²) < 4.78 is 60.3. The molecule has 8 heteroatoms. The van der Waals surface area contributed by atoms with Crippen molar-refractivity contribution < 1.29 is 26.2 Å². The van der Waals surface area contributed by atoms with Crippen molar-refractivity contribution in [1.82, 2.24) is 3.97 Å². The van der Waals surface area contributed by atoms with E-state index < -0.39 is 15.5 Å². The number of rotatable bonds is 2. The summed E-state index contributed by atoms with van der Waals surface area (Å²) in [7, 11) is -5.30. The van der Waals surface area contributed by atoms with E-state index in [4.69, 9.17) is 0 Å². The zero-order chi connectivity index (χ0) is 11.9. The lowest BCUT2D eigenvalue weighted by atomic mass is 10.6. The van der Waals surface area contributed by atoms with Crippen molar-refractivity contribution in [2.24, 2.45) is 0 Å². The molecule has 0 unspecified atom stereocenters. The molecule has 0 atom stereocenters. The van der Waals surface area contributed by atoms with Crippen molar-refractivity contribution in [1.29, 1.82) is 0 Å². The largest absolute Gasteiger partial charge is 0.537 e. The average molecular weight is 243 g/mol. The zero-order valence-electron chi connectivity index (χ0n) is 8.11. The van der Waals surface area contributed by atoms with Gasteiger partial charge in [0.25, 0.3) is 5.82 Å². The lowest BCUT2D eigenvalue weighted by Gasteiger charge is -2.04. The van der Waals surface area contributed by atoms with Gasteiger partial charge in [0, 0.05) is 6.92 Å². The van der Waals surface area contributed by atoms with Gasteiger partial charge in [-0.05, 0) is 6.92 Å². The van der Waals surface area contributed by atoms with Crippen molar-refractivity contribution in [2.45, 2.75) is 25.9 Å². The highest BCUT2D eigenvalue weighted by Crippen LogP contribution is 2.25. The first-order valence-electron chi connectivity index (χ1n) is 4.11. The first-order valence-corrected chi connectivity index (χ1v) is 5.55. The minimum Gasteiger partial charge on any atom is -0.234 e. The molecule has 0 amide bonds. The Morgan fingerprint density at radius 3 is 2.33 bits per heavy atom. The van der Waals surface area contributed by atoms with Crippen LogP contribution in [0.2, 0.25) is 0 Å². The van der Waals surface area contributed by atoms with E-state index in [1.54, 1.807) is 6.92 Å². The van der Waals surface area contributed by atoms with Crippen LogP contribution in [0, 0.1) is 6.92 Å². The van der Waals surface area contributed by atoms with Gasteiger partial charge in [-0.15, -0.1) is 3.97 Å². The maximum absolute atomic E-state index is 12.2. The predicted molar refractivity (Wildman–Crippen MR) is 45.4 cm³/mol. The summed E-state index contributed by atoms with van der Waals surface area (Å²) in [5, 5.41) is 0. The molecule has 4 nitrogen and oxygen atoms in total. The Balaban J connectivity index is 3.36. The van der Waals surface area contributed by atoms with Crippen LogP contribution in [0.25, 0.3) is 0 Å². The second-order valence-electron chi connectivity index (χ2n) is 2.88. The quantitative estimate of drug-likeness (QED) is 0.721. The van der Waals surface area contributed by atoms with E-state index in [9.17, 15) is 21.6 Å². The van der Waals surface area contributed by atoms with E-state index in [-0.39, 0.29) is 9.80 Å². The van der Waals surface area contributed by atoms with Crippen LogP contribution in [0.3, 0.4) is 0 Å². The lowest BCUT2D eigenvalue weighted by molar-refractivity contribution is -0.698. The summed E-state index contributed by atoms with van der Waals surface area (Å²) in [5.74, 6) is 0.0230. The molecule has 1 rings (SSSR count). The molecule has 0 N–H and O–H groups in total. The first kappa shape index (κ1) is 12.0. The average Bonchev–Trinajstić information content (AvgIpc) is 2.44. The summed E-state index contributed by atoms with van der Waals surface area (Å²) in [4.78, 5) is 0. The Labute approximate surface area is 85.0 Å². The number of nitrogens with zero attached hydrogens (tertiary/aromatic N) is 2. The van der Waals surface area contributed by atoms with E-state index in [2.05, 4.69) is 0 Å². The van der Waals surface area contributed by atoms with Crippen LogP contribution >= 0.6 is 0 Å². The van der Waals surface area contributed by atoms with Gasteiger partial charge in [0.05, 0.1) is 6.54 Å². The molecule has 0 saturated carbocycles. The van der Waals surface area contributed by atoms with E-state index in [1.165, 1.54) is 17.7 Å². The van der Waals surface area contributed by atoms with Gasteiger partial charge < -0.3 is 0 Å². The molecule has 1 aromatic rings. The van der Waals surface area contributed by atoms with Crippen LogP contribution in [0.15, 0.2) is 12.4 Å². The fraction of sp³-hybridized carbons (Fsp3) is 0.571. The van der Waals surface area contributed by atoms with E-state index >= 15 is 0 Å². The highest BCUT2D eigenvalue weighted by Gasteiger charge is 2.52. The molecule has 0 spiro atoms. The number of alkyl halides is 3. The highest BCUT2D eigenvalue weighted by atomic mass is 32.2. The Hall–Kier alpha value is -1.05. The zero-order valence-corrected chi connectivity index (χ0v) is 8.93. The van der Waals surface area contributed by atoms with Crippen LogP contribution in [0.5, 0.6) is 0 Å². The van der Waals surface area contributed by atoms with Gasteiger partial charge in [0.15, 0.2) is 0 Å². The fourth-order valence-corrected chi connectivity index (χ4v) is 2.07. The minimum absolute atomic E-state index is 0.0230.